The second-order valence-corrected chi connectivity index (χ2v) is 8.56. The first-order valence-corrected chi connectivity index (χ1v) is 11.4. The fraction of sp³-hybridized carbons (Fsp3) is 0.417. The Labute approximate surface area is 197 Å². The number of nitrogens with two attached hydrogens (primary N) is 1. The van der Waals surface area contributed by atoms with Crippen molar-refractivity contribution >= 4 is 29.7 Å². The van der Waals surface area contributed by atoms with Crippen molar-refractivity contribution in [3.8, 4) is 0 Å². The van der Waals surface area contributed by atoms with Crippen molar-refractivity contribution in [2.45, 2.75) is 43.6 Å². The van der Waals surface area contributed by atoms with Gasteiger partial charge in [0.15, 0.2) is 6.67 Å². The lowest BCUT2D eigenvalue weighted by Gasteiger charge is -2.28. The maximum Gasteiger partial charge on any atom is 0.331 e. The van der Waals surface area contributed by atoms with Crippen LogP contribution in [0.3, 0.4) is 0 Å². The van der Waals surface area contributed by atoms with Crippen molar-refractivity contribution in [2.75, 3.05) is 25.1 Å². The molecule has 1 amide bonds. The number of hydrogen-bond acceptors (Lipinski definition) is 7. The van der Waals surface area contributed by atoms with E-state index in [4.69, 9.17) is 10.7 Å². The van der Waals surface area contributed by atoms with E-state index >= 15 is 0 Å². The number of carbonyl (C=O) groups excluding carboxylic acids is 2. The SMILES string of the molecule is NC(=O)[C@@](C(=O)O)(C(=O)C(CCc1ccc2c(n1)NCCC2)[N+]1=CCCNC1)c1cccnc1. The van der Waals surface area contributed by atoms with Gasteiger partial charge in [-0.15, -0.1) is 0 Å². The van der Waals surface area contributed by atoms with E-state index in [0.29, 0.717) is 19.5 Å². The van der Waals surface area contributed by atoms with E-state index in [0.717, 1.165) is 43.0 Å². The molecule has 1 unspecified atom stereocenters. The molecule has 0 aromatic carbocycles. The first-order valence-electron chi connectivity index (χ1n) is 11.4. The van der Waals surface area contributed by atoms with Crippen molar-refractivity contribution in [3.05, 3.63) is 53.5 Å². The first-order chi connectivity index (χ1) is 16.4. The lowest BCUT2D eigenvalue weighted by atomic mass is 9.73. The minimum Gasteiger partial charge on any atom is -0.480 e. The van der Waals surface area contributed by atoms with E-state index in [1.165, 1.54) is 24.5 Å². The fourth-order valence-electron chi connectivity index (χ4n) is 4.66. The number of ketones is 1. The highest BCUT2D eigenvalue weighted by Crippen LogP contribution is 2.29. The zero-order chi connectivity index (χ0) is 24.1. The Bertz CT molecular complexity index is 1100. The quantitative estimate of drug-likeness (QED) is 0.304. The second-order valence-electron chi connectivity index (χ2n) is 8.56. The molecule has 34 heavy (non-hydrogen) atoms. The van der Waals surface area contributed by atoms with Crippen molar-refractivity contribution in [1.29, 1.82) is 0 Å². The summed E-state index contributed by atoms with van der Waals surface area (Å²) >= 11 is 0. The van der Waals surface area contributed by atoms with E-state index in [1.807, 2.05) is 18.3 Å². The number of nitrogens with zero attached hydrogens (tertiary/aromatic N) is 3. The number of carbonyl (C=O) groups is 3. The number of amides is 1. The van der Waals surface area contributed by atoms with Crippen LogP contribution >= 0.6 is 0 Å². The zero-order valence-corrected chi connectivity index (χ0v) is 18.9. The fourth-order valence-corrected chi connectivity index (χ4v) is 4.66. The van der Waals surface area contributed by atoms with Crippen LogP contribution in [0.1, 0.15) is 36.1 Å². The normalized spacial score (nSPS) is 17.9. The molecule has 2 atom stereocenters. The minimum atomic E-state index is -2.55. The molecule has 0 radical (unpaired) electrons. The standard InChI is InChI=1S/C24H28N6O4/c25-22(32)24(23(33)34,17-5-2-10-26-14-17)20(31)19(30-13-3-11-27-15-30)9-8-18-7-6-16-4-1-12-28-21(16)29-18/h2,5-7,10,13-14,19,27H,1,3-4,8-9,11-12,15H2,(H3-,25,28,29,32,33,34)/p+1/t19?,24-/m0/s1. The molecule has 4 rings (SSSR count). The summed E-state index contributed by atoms with van der Waals surface area (Å²) in [4.78, 5) is 47.8. The van der Waals surface area contributed by atoms with Crippen molar-refractivity contribution in [1.82, 2.24) is 15.3 Å². The number of carboxylic acid groups (broad SMARTS) is 1. The number of anilines is 1. The maximum absolute atomic E-state index is 14.0. The van der Waals surface area contributed by atoms with Gasteiger partial charge in [0.2, 0.25) is 23.1 Å². The largest absolute Gasteiger partial charge is 0.480 e. The molecule has 4 heterocycles. The molecule has 0 saturated carbocycles. The van der Waals surface area contributed by atoms with E-state index in [1.54, 1.807) is 4.58 Å². The third kappa shape index (κ3) is 4.41. The first kappa shape index (κ1) is 23.5. The van der Waals surface area contributed by atoms with Crippen LogP contribution in [0.5, 0.6) is 0 Å². The van der Waals surface area contributed by atoms with Gasteiger partial charge >= 0.3 is 5.97 Å². The van der Waals surface area contributed by atoms with Crippen LogP contribution in [0.25, 0.3) is 0 Å². The Kier molecular flexibility index (Phi) is 6.97. The molecule has 0 fully saturated rings. The highest BCUT2D eigenvalue weighted by atomic mass is 16.4. The monoisotopic (exact) mass is 465 g/mol. The molecule has 0 spiro atoms. The molecule has 2 aromatic heterocycles. The van der Waals surface area contributed by atoms with Crippen LogP contribution in [0, 0.1) is 0 Å². The summed E-state index contributed by atoms with van der Waals surface area (Å²) in [5.74, 6) is -2.77. The van der Waals surface area contributed by atoms with Gasteiger partial charge in [-0.25, -0.2) is 9.56 Å². The second kappa shape index (κ2) is 10.1. The maximum atomic E-state index is 14.0. The Morgan fingerprint density at radius 2 is 2.09 bits per heavy atom. The van der Waals surface area contributed by atoms with Crippen LogP contribution in [0.4, 0.5) is 5.82 Å². The van der Waals surface area contributed by atoms with Gasteiger partial charge in [-0.05, 0) is 37.0 Å². The number of carboxylic acids is 1. The third-order valence-corrected chi connectivity index (χ3v) is 6.46. The summed E-state index contributed by atoms with van der Waals surface area (Å²) in [5, 5.41) is 16.7. The molecule has 10 heteroatoms. The number of Topliss-reactive ketones (excluding diaryl/α,β-unsaturated/α-hetero) is 1. The average molecular weight is 466 g/mol. The van der Waals surface area contributed by atoms with Gasteiger partial charge in [-0.2, -0.15) is 0 Å². The smallest absolute Gasteiger partial charge is 0.331 e. The van der Waals surface area contributed by atoms with E-state index in [2.05, 4.69) is 15.6 Å². The van der Waals surface area contributed by atoms with Crippen molar-refractivity contribution in [2.24, 2.45) is 5.73 Å². The molecular formula is C24H29N6O4+. The van der Waals surface area contributed by atoms with Gasteiger partial charge in [0.05, 0.1) is 0 Å². The van der Waals surface area contributed by atoms with Crippen molar-refractivity contribution in [3.63, 3.8) is 0 Å². The molecule has 0 saturated heterocycles. The topological polar surface area (TPSA) is 150 Å². The molecule has 2 aliphatic rings. The van der Waals surface area contributed by atoms with Gasteiger partial charge < -0.3 is 16.2 Å². The van der Waals surface area contributed by atoms with E-state index < -0.39 is 29.1 Å². The summed E-state index contributed by atoms with van der Waals surface area (Å²) in [7, 11) is 0. The molecule has 178 valence electrons. The van der Waals surface area contributed by atoms with E-state index in [-0.39, 0.29) is 12.0 Å². The zero-order valence-electron chi connectivity index (χ0n) is 18.9. The Balaban J connectivity index is 1.70. The van der Waals surface area contributed by atoms with Crippen molar-refractivity contribution < 1.29 is 24.1 Å². The average Bonchev–Trinajstić information content (AvgIpc) is 2.85. The number of fused-ring (bicyclic) bond motifs is 1. The van der Waals surface area contributed by atoms with Crippen LogP contribution in [0.15, 0.2) is 36.7 Å². The molecule has 2 aromatic rings. The third-order valence-electron chi connectivity index (χ3n) is 6.46. The molecule has 0 aliphatic carbocycles. The summed E-state index contributed by atoms with van der Waals surface area (Å²) in [6.07, 6.45) is 7.92. The predicted octanol–water partition coefficient (Wildman–Crippen LogP) is 0.247. The van der Waals surface area contributed by atoms with Gasteiger partial charge in [-0.3, -0.25) is 24.7 Å². The Hall–Kier alpha value is -3.66. The number of aryl methyl sites for hydroxylation is 2. The number of nitrogens with one attached hydrogen (secondary N) is 2. The predicted molar refractivity (Wildman–Crippen MR) is 125 cm³/mol. The Morgan fingerprint density at radius 3 is 2.76 bits per heavy atom. The number of aromatic nitrogens is 2. The number of pyridine rings is 2. The molecule has 2 aliphatic heterocycles. The summed E-state index contributed by atoms with van der Waals surface area (Å²) in [6, 6.07) is 5.95. The molecule has 0 bridgehead atoms. The highest BCUT2D eigenvalue weighted by molar-refractivity contribution is 6.27. The highest BCUT2D eigenvalue weighted by Gasteiger charge is 2.58. The minimum absolute atomic E-state index is 0.0499. The number of hydrogen-bond donors (Lipinski definition) is 4. The number of primary amides is 1. The lowest BCUT2D eigenvalue weighted by molar-refractivity contribution is -0.558. The summed E-state index contributed by atoms with van der Waals surface area (Å²) in [6.45, 7) is 1.97. The Morgan fingerprint density at radius 1 is 1.24 bits per heavy atom. The van der Waals surface area contributed by atoms with Gasteiger partial charge in [-0.1, -0.05) is 12.1 Å². The number of rotatable bonds is 9. The molecule has 5 N–H and O–H groups in total. The van der Waals surface area contributed by atoms with Crippen LogP contribution in [0.2, 0.25) is 0 Å². The summed E-state index contributed by atoms with van der Waals surface area (Å²) < 4.78 is 1.76. The van der Waals surface area contributed by atoms with Crippen LogP contribution in [-0.2, 0) is 32.6 Å². The van der Waals surface area contributed by atoms with Crippen LogP contribution < -0.4 is 16.4 Å². The van der Waals surface area contributed by atoms with Gasteiger partial charge in [0.25, 0.3) is 0 Å². The van der Waals surface area contributed by atoms with Crippen LogP contribution in [-0.4, -0.2) is 69.3 Å². The molecular weight excluding hydrogens is 436 g/mol. The van der Waals surface area contributed by atoms with Gasteiger partial charge in [0, 0.05) is 49.6 Å². The van der Waals surface area contributed by atoms with Gasteiger partial charge in [0.1, 0.15) is 12.0 Å². The molecule has 10 nitrogen and oxygen atoms in total. The lowest BCUT2D eigenvalue weighted by Crippen LogP contribution is -2.60. The van der Waals surface area contributed by atoms with E-state index in [9.17, 15) is 19.5 Å². The summed E-state index contributed by atoms with van der Waals surface area (Å²) in [5.41, 5.74) is 4.97. The number of aliphatic carboxylic acids is 1.